The molecule has 232 valence electrons. The van der Waals surface area contributed by atoms with Gasteiger partial charge in [-0.15, -0.1) is 0 Å². The van der Waals surface area contributed by atoms with Crippen molar-refractivity contribution in [1.29, 1.82) is 0 Å². The summed E-state index contributed by atoms with van der Waals surface area (Å²) in [6.07, 6.45) is -21.1. The summed E-state index contributed by atoms with van der Waals surface area (Å²) in [5.74, 6) is -1.30. The molecule has 0 aromatic heterocycles. The van der Waals surface area contributed by atoms with Crippen molar-refractivity contribution < 1.29 is 79.2 Å². The summed E-state index contributed by atoms with van der Waals surface area (Å²) in [5, 5.41) is 96.5. The second kappa shape index (κ2) is 14.0. The molecule has 18 heteroatoms. The third kappa shape index (κ3) is 7.05. The van der Waals surface area contributed by atoms with Crippen LogP contribution in [0.3, 0.4) is 0 Å². The van der Waals surface area contributed by atoms with Crippen molar-refractivity contribution in [2.75, 3.05) is 19.8 Å². The molecule has 11 N–H and O–H groups in total. The first-order valence-corrected chi connectivity index (χ1v) is 12.6. The Labute approximate surface area is 228 Å². The van der Waals surface area contributed by atoms with Gasteiger partial charge in [-0.05, 0) is 0 Å². The van der Waals surface area contributed by atoms with Gasteiger partial charge in [0, 0.05) is 13.8 Å². The summed E-state index contributed by atoms with van der Waals surface area (Å²) < 4.78 is 27.7. The highest BCUT2D eigenvalue weighted by molar-refractivity contribution is 5.73. The van der Waals surface area contributed by atoms with Gasteiger partial charge < -0.3 is 80.3 Å². The number of aliphatic hydroxyl groups excluding tert-OH is 9. The fourth-order valence-electron chi connectivity index (χ4n) is 4.87. The Kier molecular flexibility index (Phi) is 11.5. The van der Waals surface area contributed by atoms with E-state index in [4.69, 9.17) is 23.7 Å². The standard InChI is InChI=1S/C22H38N2O16/c1-6(28)23-11-14(31)18(9(4-26)36-20(11)35)39-21-12(24-7(2)29)15(32)19(10(5-27)38-21)40-22-17(34)16(33)13(30)8(3-25)37-22/h8-22,25-27,30-35H,3-5H2,1-2H3,(H,23,28)(H,24,29)/t8-,9-,10-,11-,12-,13-,14-,15-,16+,17-,18-,19-,20?,21+,22+/m1/s1. The maximum absolute atomic E-state index is 12.0. The molecule has 3 rings (SSSR count). The predicted molar refractivity (Wildman–Crippen MR) is 124 cm³/mol. The SMILES string of the molecule is CC(=O)N[C@H]1[C@H](O[C@H]2[C@H](O)[C@@H](NC(C)=O)C(O)O[C@@H]2CO)O[C@H](CO)[C@@H](O[C@@H]2O[C@H](CO)[C@@H](O)[C@H](O)[C@H]2O)[C@@H]1O. The third-order valence-electron chi connectivity index (χ3n) is 6.90. The predicted octanol–water partition coefficient (Wildman–Crippen LogP) is -7.29. The molecule has 0 spiro atoms. The number of ether oxygens (including phenoxy) is 5. The van der Waals surface area contributed by atoms with Gasteiger partial charge in [0.1, 0.15) is 73.1 Å². The maximum atomic E-state index is 12.0. The molecule has 15 atom stereocenters. The second-order valence-corrected chi connectivity index (χ2v) is 9.81. The Balaban J connectivity index is 1.85. The van der Waals surface area contributed by atoms with E-state index in [2.05, 4.69) is 10.6 Å². The molecular weight excluding hydrogens is 548 g/mol. The minimum atomic E-state index is -1.85. The molecule has 0 aliphatic carbocycles. The van der Waals surface area contributed by atoms with E-state index in [0.717, 1.165) is 13.8 Å². The van der Waals surface area contributed by atoms with E-state index < -0.39 is 124 Å². The van der Waals surface area contributed by atoms with Crippen LogP contribution in [0.25, 0.3) is 0 Å². The van der Waals surface area contributed by atoms with Gasteiger partial charge in [0.15, 0.2) is 18.9 Å². The Hall–Kier alpha value is -1.62. The largest absolute Gasteiger partial charge is 0.394 e. The van der Waals surface area contributed by atoms with Crippen molar-refractivity contribution in [2.24, 2.45) is 0 Å². The molecule has 0 aromatic carbocycles. The van der Waals surface area contributed by atoms with Crippen LogP contribution in [0, 0.1) is 0 Å². The quantitative estimate of drug-likeness (QED) is 0.120. The first-order valence-electron chi connectivity index (χ1n) is 12.6. The molecular formula is C22H38N2O16. The molecule has 0 saturated carbocycles. The molecule has 0 aromatic rings. The molecule has 3 fully saturated rings. The van der Waals surface area contributed by atoms with E-state index in [-0.39, 0.29) is 0 Å². The Bertz CT molecular complexity index is 852. The lowest BCUT2D eigenvalue weighted by atomic mass is 9.94. The zero-order valence-corrected chi connectivity index (χ0v) is 21.7. The summed E-state index contributed by atoms with van der Waals surface area (Å²) in [6.45, 7) is -0.117. The molecule has 3 heterocycles. The van der Waals surface area contributed by atoms with E-state index in [9.17, 15) is 55.5 Å². The Morgan fingerprint density at radius 1 is 0.600 bits per heavy atom. The molecule has 40 heavy (non-hydrogen) atoms. The van der Waals surface area contributed by atoms with E-state index >= 15 is 0 Å². The van der Waals surface area contributed by atoms with Crippen LogP contribution in [-0.4, -0.2) is 170 Å². The second-order valence-electron chi connectivity index (χ2n) is 9.81. The van der Waals surface area contributed by atoms with Gasteiger partial charge in [-0.2, -0.15) is 0 Å². The number of hydrogen-bond donors (Lipinski definition) is 11. The molecule has 3 aliphatic heterocycles. The van der Waals surface area contributed by atoms with Gasteiger partial charge in [0.25, 0.3) is 0 Å². The zero-order chi connectivity index (χ0) is 29.9. The van der Waals surface area contributed by atoms with Gasteiger partial charge in [0.05, 0.1) is 19.8 Å². The lowest BCUT2D eigenvalue weighted by Crippen LogP contribution is -2.70. The van der Waals surface area contributed by atoms with Gasteiger partial charge in [0.2, 0.25) is 11.8 Å². The molecule has 18 nitrogen and oxygen atoms in total. The van der Waals surface area contributed by atoms with Gasteiger partial charge >= 0.3 is 0 Å². The smallest absolute Gasteiger partial charge is 0.217 e. The highest BCUT2D eigenvalue weighted by Crippen LogP contribution is 2.32. The third-order valence-corrected chi connectivity index (χ3v) is 6.90. The number of carbonyl (C=O) groups excluding carboxylic acids is 2. The highest BCUT2D eigenvalue weighted by atomic mass is 16.7. The molecule has 0 radical (unpaired) electrons. The lowest BCUT2D eigenvalue weighted by Gasteiger charge is -2.49. The van der Waals surface area contributed by atoms with E-state index in [1.807, 2.05) is 0 Å². The zero-order valence-electron chi connectivity index (χ0n) is 21.7. The fourth-order valence-corrected chi connectivity index (χ4v) is 4.87. The Morgan fingerprint density at radius 3 is 1.57 bits per heavy atom. The highest BCUT2D eigenvalue weighted by Gasteiger charge is 2.54. The molecule has 2 amide bonds. The average Bonchev–Trinajstić information content (AvgIpc) is 2.90. The summed E-state index contributed by atoms with van der Waals surface area (Å²) >= 11 is 0. The van der Waals surface area contributed by atoms with Crippen LogP contribution in [0.5, 0.6) is 0 Å². The minimum Gasteiger partial charge on any atom is -0.394 e. The van der Waals surface area contributed by atoms with Crippen LogP contribution in [-0.2, 0) is 33.3 Å². The fraction of sp³-hybridized carbons (Fsp3) is 0.909. The number of carbonyl (C=O) groups is 2. The van der Waals surface area contributed by atoms with Crippen LogP contribution in [0.2, 0.25) is 0 Å². The van der Waals surface area contributed by atoms with Gasteiger partial charge in [-0.3, -0.25) is 9.59 Å². The van der Waals surface area contributed by atoms with Crippen molar-refractivity contribution in [3.8, 4) is 0 Å². The monoisotopic (exact) mass is 586 g/mol. The number of aliphatic hydroxyl groups is 9. The van der Waals surface area contributed by atoms with Gasteiger partial charge in [-0.1, -0.05) is 0 Å². The van der Waals surface area contributed by atoms with E-state index in [1.54, 1.807) is 0 Å². The summed E-state index contributed by atoms with van der Waals surface area (Å²) in [7, 11) is 0. The van der Waals surface area contributed by atoms with Crippen LogP contribution in [0.15, 0.2) is 0 Å². The molecule has 3 aliphatic rings. The minimum absolute atomic E-state index is 0.623. The summed E-state index contributed by atoms with van der Waals surface area (Å²) in [6, 6.07) is -2.87. The molecule has 1 unspecified atom stereocenters. The number of amides is 2. The van der Waals surface area contributed by atoms with E-state index in [1.165, 1.54) is 0 Å². The lowest BCUT2D eigenvalue weighted by molar-refractivity contribution is -0.360. The van der Waals surface area contributed by atoms with Crippen molar-refractivity contribution >= 4 is 11.8 Å². The van der Waals surface area contributed by atoms with Crippen LogP contribution < -0.4 is 10.6 Å². The summed E-state index contributed by atoms with van der Waals surface area (Å²) in [4.78, 5) is 23.5. The molecule has 0 bridgehead atoms. The van der Waals surface area contributed by atoms with Crippen molar-refractivity contribution in [3.05, 3.63) is 0 Å². The summed E-state index contributed by atoms with van der Waals surface area (Å²) in [5.41, 5.74) is 0. The normalized spacial score (nSPS) is 46.0. The molecule has 3 saturated heterocycles. The van der Waals surface area contributed by atoms with Crippen LogP contribution in [0.1, 0.15) is 13.8 Å². The number of nitrogens with one attached hydrogen (secondary N) is 2. The van der Waals surface area contributed by atoms with Crippen molar-refractivity contribution in [1.82, 2.24) is 10.6 Å². The van der Waals surface area contributed by atoms with Crippen LogP contribution >= 0.6 is 0 Å². The number of rotatable bonds is 9. The first kappa shape index (κ1) is 32.9. The van der Waals surface area contributed by atoms with E-state index in [0.29, 0.717) is 0 Å². The topological polar surface area (TPSA) is 286 Å². The average molecular weight is 587 g/mol. The van der Waals surface area contributed by atoms with Gasteiger partial charge in [-0.25, -0.2) is 0 Å². The van der Waals surface area contributed by atoms with Crippen molar-refractivity contribution in [3.63, 3.8) is 0 Å². The van der Waals surface area contributed by atoms with Crippen molar-refractivity contribution in [2.45, 2.75) is 106 Å². The number of hydrogen-bond acceptors (Lipinski definition) is 16. The first-order chi connectivity index (χ1) is 18.8. The van der Waals surface area contributed by atoms with Crippen LogP contribution in [0.4, 0.5) is 0 Å². The maximum Gasteiger partial charge on any atom is 0.217 e. The Morgan fingerprint density at radius 2 is 1.05 bits per heavy atom.